The fraction of sp³-hybridized carbons (Fsp3) is 0.429. The Kier molecular flexibility index (Phi) is 4.99. The van der Waals surface area contributed by atoms with E-state index in [4.69, 9.17) is 4.52 Å². The third-order valence-corrected chi connectivity index (χ3v) is 3.15. The van der Waals surface area contributed by atoms with Crippen LogP contribution in [0.4, 0.5) is 5.69 Å². The van der Waals surface area contributed by atoms with E-state index < -0.39 is 4.92 Å². The summed E-state index contributed by atoms with van der Waals surface area (Å²) in [6, 6.07) is 6.49. The molecule has 0 aliphatic carbocycles. The van der Waals surface area contributed by atoms with Crippen LogP contribution in [0.25, 0.3) is 11.4 Å². The van der Waals surface area contributed by atoms with E-state index in [9.17, 15) is 10.1 Å². The highest BCUT2D eigenvalue weighted by Crippen LogP contribution is 2.20. The number of benzene rings is 1. The molecule has 0 saturated carbocycles. The molecule has 0 saturated heterocycles. The summed E-state index contributed by atoms with van der Waals surface area (Å²) in [5.74, 6) is 1.03. The van der Waals surface area contributed by atoms with E-state index in [2.05, 4.69) is 29.3 Å². The number of nitrogens with zero attached hydrogens (tertiary/aromatic N) is 3. The van der Waals surface area contributed by atoms with Crippen LogP contribution in [-0.4, -0.2) is 27.7 Å². The number of hydrogen-bond donors (Lipinski definition) is 1. The van der Waals surface area contributed by atoms with Crippen LogP contribution in [-0.2, 0) is 6.42 Å². The van der Waals surface area contributed by atoms with Crippen LogP contribution in [0.15, 0.2) is 28.8 Å². The minimum atomic E-state index is -0.437. The van der Waals surface area contributed by atoms with Gasteiger partial charge in [-0.25, -0.2) is 0 Å². The van der Waals surface area contributed by atoms with Crippen molar-refractivity contribution < 1.29 is 9.45 Å². The lowest BCUT2D eigenvalue weighted by Crippen LogP contribution is -2.25. The zero-order valence-corrected chi connectivity index (χ0v) is 12.1. The Morgan fingerprint density at radius 1 is 1.38 bits per heavy atom. The maximum atomic E-state index is 10.6. The van der Waals surface area contributed by atoms with E-state index in [1.165, 1.54) is 12.1 Å². The normalized spacial score (nSPS) is 12.3. The number of aryl methyl sites for hydroxylation is 1. The Morgan fingerprint density at radius 3 is 2.71 bits per heavy atom. The van der Waals surface area contributed by atoms with Crippen molar-refractivity contribution in [3.8, 4) is 11.4 Å². The van der Waals surface area contributed by atoms with E-state index in [1.807, 2.05) is 0 Å². The first-order valence-corrected chi connectivity index (χ1v) is 6.91. The Bertz CT molecular complexity index is 595. The third kappa shape index (κ3) is 4.09. The second kappa shape index (κ2) is 6.94. The van der Waals surface area contributed by atoms with Gasteiger partial charge in [-0.05, 0) is 32.0 Å². The standard InChI is InChI=1S/C14H18N4O3/c1-3-15-10(2)4-9-13-16-14(17-21-13)11-5-7-12(8-6-11)18(19)20/h5-8,10,15H,3-4,9H2,1-2H3. The predicted molar refractivity (Wildman–Crippen MR) is 77.8 cm³/mol. The van der Waals surface area contributed by atoms with Crippen LogP contribution in [0.5, 0.6) is 0 Å². The Labute approximate surface area is 122 Å². The average molecular weight is 290 g/mol. The molecule has 21 heavy (non-hydrogen) atoms. The van der Waals surface area contributed by atoms with E-state index in [-0.39, 0.29) is 5.69 Å². The van der Waals surface area contributed by atoms with Crippen LogP contribution >= 0.6 is 0 Å². The Balaban J connectivity index is 2.00. The van der Waals surface area contributed by atoms with Gasteiger partial charge in [-0.3, -0.25) is 10.1 Å². The maximum absolute atomic E-state index is 10.6. The van der Waals surface area contributed by atoms with E-state index in [0.717, 1.165) is 13.0 Å². The first-order chi connectivity index (χ1) is 10.1. The molecule has 0 bridgehead atoms. The molecule has 0 spiro atoms. The summed E-state index contributed by atoms with van der Waals surface area (Å²) in [4.78, 5) is 14.5. The van der Waals surface area contributed by atoms with Crippen molar-refractivity contribution in [3.63, 3.8) is 0 Å². The monoisotopic (exact) mass is 290 g/mol. The minimum Gasteiger partial charge on any atom is -0.339 e. The van der Waals surface area contributed by atoms with Crippen LogP contribution < -0.4 is 5.32 Å². The summed E-state index contributed by atoms with van der Waals surface area (Å²) in [6.07, 6.45) is 1.61. The molecular formula is C14H18N4O3. The molecule has 1 N–H and O–H groups in total. The van der Waals surface area contributed by atoms with Gasteiger partial charge in [0.05, 0.1) is 4.92 Å². The van der Waals surface area contributed by atoms with E-state index in [1.54, 1.807) is 12.1 Å². The average Bonchev–Trinajstić information content (AvgIpc) is 2.94. The zero-order chi connectivity index (χ0) is 15.2. The molecule has 0 radical (unpaired) electrons. The zero-order valence-electron chi connectivity index (χ0n) is 12.1. The van der Waals surface area contributed by atoms with E-state index in [0.29, 0.717) is 29.7 Å². The van der Waals surface area contributed by atoms with Gasteiger partial charge in [0.15, 0.2) is 0 Å². The molecule has 2 rings (SSSR count). The molecule has 7 nitrogen and oxygen atoms in total. The van der Waals surface area contributed by atoms with Crippen molar-refractivity contribution in [2.24, 2.45) is 0 Å². The molecule has 7 heteroatoms. The van der Waals surface area contributed by atoms with Crippen molar-refractivity contribution in [3.05, 3.63) is 40.3 Å². The first kappa shape index (κ1) is 15.1. The summed E-state index contributed by atoms with van der Waals surface area (Å²) in [5, 5.41) is 17.8. The number of aromatic nitrogens is 2. The van der Waals surface area contributed by atoms with Gasteiger partial charge in [-0.1, -0.05) is 12.1 Å². The number of rotatable bonds is 7. The molecule has 1 unspecified atom stereocenters. The highest BCUT2D eigenvalue weighted by Gasteiger charge is 2.11. The van der Waals surface area contributed by atoms with Gasteiger partial charge in [0.2, 0.25) is 11.7 Å². The summed E-state index contributed by atoms with van der Waals surface area (Å²) in [7, 11) is 0. The number of non-ortho nitro benzene ring substituents is 1. The highest BCUT2D eigenvalue weighted by molar-refractivity contribution is 5.56. The van der Waals surface area contributed by atoms with Crippen molar-refractivity contribution >= 4 is 5.69 Å². The lowest BCUT2D eigenvalue weighted by molar-refractivity contribution is -0.384. The minimum absolute atomic E-state index is 0.0435. The molecule has 0 amide bonds. The topological polar surface area (TPSA) is 94.1 Å². The van der Waals surface area contributed by atoms with Gasteiger partial charge in [0.25, 0.3) is 5.69 Å². The second-order valence-electron chi connectivity index (χ2n) is 4.81. The highest BCUT2D eigenvalue weighted by atomic mass is 16.6. The largest absolute Gasteiger partial charge is 0.339 e. The molecule has 0 aliphatic heterocycles. The molecule has 0 aliphatic rings. The van der Waals surface area contributed by atoms with Gasteiger partial charge < -0.3 is 9.84 Å². The molecule has 112 valence electrons. The van der Waals surface area contributed by atoms with Crippen molar-refractivity contribution in [2.45, 2.75) is 32.7 Å². The molecule has 0 fully saturated rings. The van der Waals surface area contributed by atoms with Crippen LogP contribution in [0.1, 0.15) is 26.2 Å². The summed E-state index contributed by atoms with van der Waals surface area (Å²) >= 11 is 0. The summed E-state index contributed by atoms with van der Waals surface area (Å²) in [6.45, 7) is 5.10. The summed E-state index contributed by atoms with van der Waals surface area (Å²) < 4.78 is 5.20. The van der Waals surface area contributed by atoms with Crippen LogP contribution in [0, 0.1) is 10.1 Å². The molecule has 1 heterocycles. The lowest BCUT2D eigenvalue weighted by Gasteiger charge is -2.09. The number of hydrogen-bond acceptors (Lipinski definition) is 6. The van der Waals surface area contributed by atoms with Crippen molar-refractivity contribution in [1.82, 2.24) is 15.5 Å². The maximum Gasteiger partial charge on any atom is 0.269 e. The van der Waals surface area contributed by atoms with Crippen molar-refractivity contribution in [1.29, 1.82) is 0 Å². The molecular weight excluding hydrogens is 272 g/mol. The van der Waals surface area contributed by atoms with Gasteiger partial charge >= 0.3 is 0 Å². The van der Waals surface area contributed by atoms with Crippen molar-refractivity contribution in [2.75, 3.05) is 6.54 Å². The smallest absolute Gasteiger partial charge is 0.269 e. The SMILES string of the molecule is CCNC(C)CCc1nc(-c2ccc([N+](=O)[O-])cc2)no1. The third-order valence-electron chi connectivity index (χ3n) is 3.15. The van der Waals surface area contributed by atoms with Gasteiger partial charge in [-0.2, -0.15) is 4.98 Å². The number of nitrogens with one attached hydrogen (secondary N) is 1. The number of nitro groups is 1. The van der Waals surface area contributed by atoms with Gasteiger partial charge in [0.1, 0.15) is 0 Å². The fourth-order valence-electron chi connectivity index (χ4n) is 2.00. The lowest BCUT2D eigenvalue weighted by atomic mass is 10.2. The van der Waals surface area contributed by atoms with Crippen LogP contribution in [0.2, 0.25) is 0 Å². The predicted octanol–water partition coefficient (Wildman–Crippen LogP) is 2.58. The molecule has 1 atom stereocenters. The Morgan fingerprint density at radius 2 is 2.10 bits per heavy atom. The quantitative estimate of drug-likeness (QED) is 0.622. The Hall–Kier alpha value is -2.28. The molecule has 2 aromatic rings. The molecule has 1 aromatic heterocycles. The van der Waals surface area contributed by atoms with Gasteiger partial charge in [-0.15, -0.1) is 0 Å². The fourth-order valence-corrected chi connectivity index (χ4v) is 2.00. The number of nitro benzene ring substituents is 1. The van der Waals surface area contributed by atoms with Crippen LogP contribution in [0.3, 0.4) is 0 Å². The van der Waals surface area contributed by atoms with Gasteiger partial charge in [0, 0.05) is 30.2 Å². The molecule has 1 aromatic carbocycles. The van der Waals surface area contributed by atoms with E-state index >= 15 is 0 Å². The first-order valence-electron chi connectivity index (χ1n) is 6.91. The summed E-state index contributed by atoms with van der Waals surface area (Å²) in [5.41, 5.74) is 0.747. The second-order valence-corrected chi connectivity index (χ2v) is 4.81.